The topological polar surface area (TPSA) is 139 Å². The van der Waals surface area contributed by atoms with Crippen LogP contribution >= 0.6 is 35.1 Å². The first kappa shape index (κ1) is 29.8. The van der Waals surface area contributed by atoms with Gasteiger partial charge in [-0.15, -0.1) is 0 Å². The molecule has 2 aromatic carbocycles. The fourth-order valence-corrected chi connectivity index (χ4v) is 5.51. The van der Waals surface area contributed by atoms with Crippen molar-refractivity contribution in [1.29, 1.82) is 0 Å². The fraction of sp³-hybridized carbons (Fsp3) is 0.375. The van der Waals surface area contributed by atoms with Crippen molar-refractivity contribution >= 4 is 64.4 Å². The Balaban J connectivity index is 0.000000302. The molecule has 196 valence electrons. The summed E-state index contributed by atoms with van der Waals surface area (Å²) >= 11 is 10.1. The highest BCUT2D eigenvalue weighted by Crippen LogP contribution is 2.48. The van der Waals surface area contributed by atoms with Gasteiger partial charge < -0.3 is 30.2 Å². The van der Waals surface area contributed by atoms with E-state index in [0.717, 1.165) is 23.9 Å². The van der Waals surface area contributed by atoms with E-state index >= 15 is 0 Å². The predicted molar refractivity (Wildman–Crippen MR) is 142 cm³/mol. The van der Waals surface area contributed by atoms with Gasteiger partial charge in [-0.3, -0.25) is 9.59 Å². The Bertz CT molecular complexity index is 1070. The van der Waals surface area contributed by atoms with Crippen molar-refractivity contribution in [2.24, 2.45) is 0 Å². The molecular formula is C24H29ClN2O7S2. The summed E-state index contributed by atoms with van der Waals surface area (Å²) in [6, 6.07) is 14.8. The summed E-state index contributed by atoms with van der Waals surface area (Å²) in [5, 5.41) is 34.6. The van der Waals surface area contributed by atoms with E-state index in [-0.39, 0.29) is 0 Å². The van der Waals surface area contributed by atoms with Crippen LogP contribution in [-0.2, 0) is 14.4 Å². The summed E-state index contributed by atoms with van der Waals surface area (Å²) < 4.78 is 0. The molecule has 36 heavy (non-hydrogen) atoms. The fourth-order valence-electron chi connectivity index (χ4n) is 3.26. The largest absolute Gasteiger partial charge is 0.481 e. The summed E-state index contributed by atoms with van der Waals surface area (Å²) in [6.07, 6.45) is -2.29. The molecule has 12 heteroatoms. The normalized spacial score (nSPS) is 12.3. The minimum atomic E-state index is -2.74. The molecule has 4 N–H and O–H groups in total. The first-order valence-electron chi connectivity index (χ1n) is 10.9. The average Bonchev–Trinajstić information content (AvgIpc) is 2.77. The van der Waals surface area contributed by atoms with Crippen molar-refractivity contribution in [2.75, 3.05) is 43.6 Å². The highest BCUT2D eigenvalue weighted by atomic mass is 35.5. The number of carbonyl (C=O) groups is 3. The van der Waals surface area contributed by atoms with Crippen LogP contribution in [-0.4, -0.2) is 87.5 Å². The molecule has 0 amide bonds. The molecule has 9 nitrogen and oxygen atoms in total. The van der Waals surface area contributed by atoms with Crippen molar-refractivity contribution in [3.8, 4) is 0 Å². The van der Waals surface area contributed by atoms with E-state index in [1.165, 1.54) is 26.9 Å². The summed E-state index contributed by atoms with van der Waals surface area (Å²) in [7, 11) is 4.24. The molecule has 0 unspecified atom stereocenters. The molecule has 0 radical (unpaired) electrons. The van der Waals surface area contributed by atoms with E-state index in [0.29, 0.717) is 0 Å². The van der Waals surface area contributed by atoms with Gasteiger partial charge in [0, 0.05) is 39.4 Å². The van der Waals surface area contributed by atoms with Crippen LogP contribution < -0.4 is 4.90 Å². The summed E-state index contributed by atoms with van der Waals surface area (Å²) in [5.74, 6) is -2.74. The molecule has 0 atom stereocenters. The molecule has 1 aliphatic heterocycles. The Morgan fingerprint density at radius 1 is 0.972 bits per heavy atom. The third kappa shape index (κ3) is 8.90. The highest BCUT2D eigenvalue weighted by molar-refractivity contribution is 8.00. The Kier molecular flexibility index (Phi) is 11.4. The minimum absolute atomic E-state index is 0.800. The number of carboxylic acids is 3. The molecule has 0 saturated carbocycles. The number of para-hydroxylation sites is 1. The number of rotatable bonds is 11. The number of hydrogen-bond donors (Lipinski definition) is 4. The lowest BCUT2D eigenvalue weighted by Crippen LogP contribution is -2.42. The lowest BCUT2D eigenvalue weighted by molar-refractivity contribution is -0.170. The van der Waals surface area contributed by atoms with Crippen molar-refractivity contribution in [3.63, 3.8) is 0 Å². The van der Waals surface area contributed by atoms with Crippen LogP contribution in [0.4, 0.5) is 11.4 Å². The number of aliphatic hydroxyl groups is 1. The summed E-state index contributed by atoms with van der Waals surface area (Å²) in [6.45, 7) is 2.13. The van der Waals surface area contributed by atoms with Gasteiger partial charge in [0.05, 0.1) is 24.2 Å². The van der Waals surface area contributed by atoms with Gasteiger partial charge in [-0.25, -0.2) is 4.79 Å². The number of nitrogens with zero attached hydrogens (tertiary/aromatic N) is 2. The Morgan fingerprint density at radius 3 is 2.17 bits per heavy atom. The van der Waals surface area contributed by atoms with Gasteiger partial charge in [-0.2, -0.15) is 11.8 Å². The average molecular weight is 557 g/mol. The van der Waals surface area contributed by atoms with Gasteiger partial charge in [0.2, 0.25) is 0 Å². The second-order valence-electron chi connectivity index (χ2n) is 8.23. The molecule has 1 heterocycles. The monoisotopic (exact) mass is 556 g/mol. The van der Waals surface area contributed by atoms with Crippen molar-refractivity contribution in [1.82, 2.24) is 4.90 Å². The number of thioether (sulfide) groups is 1. The molecule has 0 aromatic heterocycles. The van der Waals surface area contributed by atoms with Crippen LogP contribution in [0.2, 0.25) is 5.02 Å². The van der Waals surface area contributed by atoms with Crippen molar-refractivity contribution in [3.05, 3.63) is 47.5 Å². The van der Waals surface area contributed by atoms with E-state index < -0.39 is 36.4 Å². The van der Waals surface area contributed by atoms with Crippen LogP contribution in [0.1, 0.15) is 12.8 Å². The molecule has 0 bridgehead atoms. The van der Waals surface area contributed by atoms with Gasteiger partial charge >= 0.3 is 17.9 Å². The standard InChI is InChI=1S/C18H21ClN2S2.C6H8O7/c1-20(2)9-11-22-12-10-21-15-5-3-4-6-17(15)23-18-8-7-14(19)13-16(18)21;7-3(8)1-6(13,5(11)12)2-4(9)10/h3-8,13H,9-12H2,1-2H3;13H,1-2H2,(H,7,8)(H,9,10)(H,11,12). The zero-order valence-corrected chi connectivity index (χ0v) is 22.3. The molecular weight excluding hydrogens is 528 g/mol. The number of benzene rings is 2. The van der Waals surface area contributed by atoms with Crippen LogP contribution in [0.25, 0.3) is 0 Å². The van der Waals surface area contributed by atoms with Gasteiger partial charge in [-0.05, 0) is 44.4 Å². The number of halogens is 1. The second-order valence-corrected chi connectivity index (χ2v) is 11.0. The number of fused-ring (bicyclic) bond motifs is 2. The van der Waals surface area contributed by atoms with Crippen molar-refractivity contribution in [2.45, 2.75) is 28.2 Å². The van der Waals surface area contributed by atoms with E-state index in [1.807, 2.05) is 29.6 Å². The minimum Gasteiger partial charge on any atom is -0.481 e. The van der Waals surface area contributed by atoms with Crippen molar-refractivity contribution < 1.29 is 34.8 Å². The molecule has 0 fully saturated rings. The zero-order valence-electron chi connectivity index (χ0n) is 19.9. The maximum atomic E-state index is 10.3. The lowest BCUT2D eigenvalue weighted by atomic mass is 9.96. The maximum absolute atomic E-state index is 10.3. The van der Waals surface area contributed by atoms with Gasteiger partial charge in [0.25, 0.3) is 0 Å². The van der Waals surface area contributed by atoms with Crippen LogP contribution in [0.3, 0.4) is 0 Å². The smallest absolute Gasteiger partial charge is 0.336 e. The molecule has 0 saturated heterocycles. The van der Waals surface area contributed by atoms with Crippen LogP contribution in [0, 0.1) is 0 Å². The molecule has 1 aliphatic rings. The summed E-state index contributed by atoms with van der Waals surface area (Å²) in [5.41, 5.74) is -0.215. The number of hydrogen-bond acceptors (Lipinski definition) is 8. The molecule has 3 rings (SSSR count). The van der Waals surface area contributed by atoms with E-state index in [2.05, 4.69) is 60.3 Å². The summed E-state index contributed by atoms with van der Waals surface area (Å²) in [4.78, 5) is 37.7. The van der Waals surface area contributed by atoms with E-state index in [1.54, 1.807) is 0 Å². The lowest BCUT2D eigenvalue weighted by Gasteiger charge is -2.32. The van der Waals surface area contributed by atoms with Crippen LogP contribution in [0.15, 0.2) is 52.3 Å². The van der Waals surface area contributed by atoms with Gasteiger partial charge in [0.15, 0.2) is 5.60 Å². The molecule has 0 spiro atoms. The molecule has 0 aliphatic carbocycles. The Hall–Kier alpha value is -2.44. The predicted octanol–water partition coefficient (Wildman–Crippen LogP) is 3.99. The Labute approximate surface area is 223 Å². The number of aliphatic carboxylic acids is 3. The quantitative estimate of drug-likeness (QED) is 0.299. The maximum Gasteiger partial charge on any atom is 0.336 e. The zero-order chi connectivity index (χ0) is 26.9. The molecule has 2 aromatic rings. The van der Waals surface area contributed by atoms with E-state index in [4.69, 9.17) is 32.0 Å². The van der Waals surface area contributed by atoms with Crippen LogP contribution in [0.5, 0.6) is 0 Å². The van der Waals surface area contributed by atoms with Gasteiger partial charge in [0.1, 0.15) is 0 Å². The first-order valence-corrected chi connectivity index (χ1v) is 13.2. The second kappa shape index (κ2) is 13.8. The van der Waals surface area contributed by atoms with E-state index in [9.17, 15) is 14.4 Å². The number of anilines is 2. The SMILES string of the molecule is CN(C)CCSCCN1c2ccccc2Sc2ccc(Cl)cc21.O=C(O)CC(O)(CC(=O)O)C(=O)O. The third-order valence-electron chi connectivity index (χ3n) is 5.02. The first-order chi connectivity index (χ1) is 16.9. The van der Waals surface area contributed by atoms with Gasteiger partial charge in [-0.1, -0.05) is 35.5 Å². The Morgan fingerprint density at radius 2 is 1.58 bits per heavy atom. The number of carboxylic acid groups (broad SMARTS) is 3. The third-order valence-corrected chi connectivity index (χ3v) is 7.32. The highest BCUT2D eigenvalue weighted by Gasteiger charge is 2.40.